The van der Waals surface area contributed by atoms with Crippen LogP contribution < -0.4 is 0 Å². The minimum atomic E-state index is 1.11. The molecule has 0 N–H and O–H groups in total. The zero-order chi connectivity index (χ0) is 16.8. The fraction of sp³-hybridized carbons (Fsp3) is 0.174. The molecule has 1 aliphatic carbocycles. The molecule has 0 atom stereocenters. The van der Waals surface area contributed by atoms with Crippen molar-refractivity contribution >= 4 is 37.6 Å². The van der Waals surface area contributed by atoms with Gasteiger partial charge in [0.25, 0.3) is 0 Å². The molecule has 2 heteroatoms. The van der Waals surface area contributed by atoms with Crippen molar-refractivity contribution in [1.82, 2.24) is 4.98 Å². The lowest BCUT2D eigenvalue weighted by Gasteiger charge is -2.22. The quantitative estimate of drug-likeness (QED) is 0.331. The van der Waals surface area contributed by atoms with E-state index in [1.165, 1.54) is 51.4 Å². The van der Waals surface area contributed by atoms with Crippen molar-refractivity contribution in [2.75, 3.05) is 0 Å². The summed E-state index contributed by atoms with van der Waals surface area (Å²) in [6, 6.07) is 21.7. The molecule has 1 heterocycles. The van der Waals surface area contributed by atoms with Gasteiger partial charge in [-0.25, -0.2) is 4.98 Å². The highest BCUT2D eigenvalue weighted by Gasteiger charge is 2.20. The number of hydrogen-bond acceptors (Lipinski definition) is 1. The van der Waals surface area contributed by atoms with Gasteiger partial charge in [0.1, 0.15) is 0 Å². The summed E-state index contributed by atoms with van der Waals surface area (Å²) in [4.78, 5) is 5.12. The number of nitrogens with zero attached hydrogens (tertiary/aromatic N) is 1. The average molecular weight is 388 g/mol. The first-order valence-electron chi connectivity index (χ1n) is 8.90. The number of aromatic nitrogens is 1. The van der Waals surface area contributed by atoms with Crippen LogP contribution in [0.15, 0.2) is 65.1 Å². The van der Waals surface area contributed by atoms with Crippen LogP contribution in [0.3, 0.4) is 0 Å². The van der Waals surface area contributed by atoms with Crippen molar-refractivity contribution in [3.05, 3.63) is 76.3 Å². The lowest BCUT2D eigenvalue weighted by Crippen LogP contribution is -2.08. The van der Waals surface area contributed by atoms with E-state index in [0.29, 0.717) is 0 Å². The smallest absolute Gasteiger partial charge is 0.0744 e. The predicted molar refractivity (Wildman–Crippen MR) is 109 cm³/mol. The van der Waals surface area contributed by atoms with Crippen molar-refractivity contribution in [2.45, 2.75) is 25.7 Å². The Labute approximate surface area is 155 Å². The molecular formula is C23H18BrN. The maximum atomic E-state index is 5.12. The molecule has 0 radical (unpaired) electrons. The first kappa shape index (κ1) is 15.1. The third kappa shape index (κ3) is 2.47. The molecule has 0 saturated carbocycles. The number of aryl methyl sites for hydroxylation is 1. The van der Waals surface area contributed by atoms with E-state index in [1.54, 1.807) is 0 Å². The predicted octanol–water partition coefficient (Wildman–Crippen LogP) is 6.70. The monoisotopic (exact) mass is 387 g/mol. The van der Waals surface area contributed by atoms with Crippen LogP contribution in [0.25, 0.3) is 32.9 Å². The summed E-state index contributed by atoms with van der Waals surface area (Å²) in [6.07, 6.45) is 4.82. The fourth-order valence-corrected chi connectivity index (χ4v) is 4.41. The normalized spacial score (nSPS) is 14.0. The second-order valence-corrected chi connectivity index (χ2v) is 7.73. The van der Waals surface area contributed by atoms with E-state index in [4.69, 9.17) is 4.98 Å². The Kier molecular flexibility index (Phi) is 3.60. The van der Waals surface area contributed by atoms with Crippen LogP contribution in [-0.4, -0.2) is 4.98 Å². The van der Waals surface area contributed by atoms with E-state index in [-0.39, 0.29) is 0 Å². The zero-order valence-corrected chi connectivity index (χ0v) is 15.5. The van der Waals surface area contributed by atoms with Crippen LogP contribution in [0.4, 0.5) is 0 Å². The van der Waals surface area contributed by atoms with Gasteiger partial charge in [-0.1, -0.05) is 58.4 Å². The van der Waals surface area contributed by atoms with E-state index >= 15 is 0 Å². The van der Waals surface area contributed by atoms with Gasteiger partial charge in [0.2, 0.25) is 0 Å². The molecular weight excluding hydrogens is 370 g/mol. The van der Waals surface area contributed by atoms with Crippen molar-refractivity contribution in [3.8, 4) is 11.3 Å². The van der Waals surface area contributed by atoms with Crippen LogP contribution in [0.2, 0.25) is 0 Å². The van der Waals surface area contributed by atoms with Crippen LogP contribution in [0.5, 0.6) is 0 Å². The van der Waals surface area contributed by atoms with E-state index in [1.807, 2.05) is 0 Å². The largest absolute Gasteiger partial charge is 0.247 e. The first-order valence-corrected chi connectivity index (χ1v) is 9.70. The summed E-state index contributed by atoms with van der Waals surface area (Å²) in [5.74, 6) is 0. The Bertz CT molecular complexity index is 1100. The molecule has 0 saturated heterocycles. The number of fused-ring (bicyclic) bond motifs is 5. The molecule has 0 amide bonds. The van der Waals surface area contributed by atoms with Gasteiger partial charge in [0, 0.05) is 15.4 Å². The van der Waals surface area contributed by atoms with Crippen molar-refractivity contribution in [1.29, 1.82) is 0 Å². The van der Waals surface area contributed by atoms with Crippen LogP contribution in [0.1, 0.15) is 24.0 Å². The van der Waals surface area contributed by atoms with Gasteiger partial charge in [-0.15, -0.1) is 0 Å². The Morgan fingerprint density at radius 1 is 0.760 bits per heavy atom. The third-order valence-electron chi connectivity index (χ3n) is 5.31. The van der Waals surface area contributed by atoms with Gasteiger partial charge in [-0.2, -0.15) is 0 Å². The Morgan fingerprint density at radius 2 is 1.52 bits per heavy atom. The maximum Gasteiger partial charge on any atom is 0.0744 e. The van der Waals surface area contributed by atoms with E-state index in [9.17, 15) is 0 Å². The molecule has 1 nitrogen and oxygen atoms in total. The van der Waals surface area contributed by atoms with Gasteiger partial charge < -0.3 is 0 Å². The Morgan fingerprint density at radius 3 is 2.36 bits per heavy atom. The molecule has 122 valence electrons. The van der Waals surface area contributed by atoms with Gasteiger partial charge >= 0.3 is 0 Å². The fourth-order valence-electron chi connectivity index (χ4n) is 4.15. The molecule has 1 aliphatic rings. The van der Waals surface area contributed by atoms with E-state index in [2.05, 4.69) is 76.6 Å². The minimum Gasteiger partial charge on any atom is -0.247 e. The number of halogens is 1. The molecule has 0 fully saturated rings. The van der Waals surface area contributed by atoms with Crippen LogP contribution in [0, 0.1) is 0 Å². The molecule has 0 aliphatic heterocycles. The lowest BCUT2D eigenvalue weighted by molar-refractivity contribution is 0.689. The Balaban J connectivity index is 1.89. The van der Waals surface area contributed by atoms with Crippen LogP contribution in [-0.2, 0) is 12.8 Å². The standard InChI is InChI=1S/C23H18BrN/c24-17-12-9-16(10-13-17)23-20-8-4-3-7-19(20)22-18-6-2-1-5-15(18)11-14-21(22)25-23/h1-2,5-6,9-14H,3-4,7-8H2. The summed E-state index contributed by atoms with van der Waals surface area (Å²) in [5, 5.41) is 4.02. The lowest BCUT2D eigenvalue weighted by atomic mass is 9.85. The Hall–Kier alpha value is -2.19. The van der Waals surface area contributed by atoms with Gasteiger partial charge in [-0.3, -0.25) is 0 Å². The molecule has 0 spiro atoms. The van der Waals surface area contributed by atoms with Crippen molar-refractivity contribution in [2.24, 2.45) is 0 Å². The minimum absolute atomic E-state index is 1.11. The molecule has 3 aromatic carbocycles. The van der Waals surface area contributed by atoms with E-state index in [0.717, 1.165) is 22.8 Å². The summed E-state index contributed by atoms with van der Waals surface area (Å²) in [7, 11) is 0. The number of benzene rings is 3. The molecule has 4 aromatic rings. The summed E-state index contributed by atoms with van der Waals surface area (Å²) in [6.45, 7) is 0. The topological polar surface area (TPSA) is 12.9 Å². The highest BCUT2D eigenvalue weighted by Crippen LogP contribution is 2.38. The van der Waals surface area contributed by atoms with Crippen molar-refractivity contribution < 1.29 is 0 Å². The second-order valence-electron chi connectivity index (χ2n) is 6.81. The highest BCUT2D eigenvalue weighted by molar-refractivity contribution is 9.10. The highest BCUT2D eigenvalue weighted by atomic mass is 79.9. The maximum absolute atomic E-state index is 5.12. The van der Waals surface area contributed by atoms with Gasteiger partial charge in [0.15, 0.2) is 0 Å². The van der Waals surface area contributed by atoms with Crippen molar-refractivity contribution in [3.63, 3.8) is 0 Å². The second kappa shape index (κ2) is 5.96. The molecule has 25 heavy (non-hydrogen) atoms. The average Bonchev–Trinajstić information content (AvgIpc) is 2.67. The van der Waals surface area contributed by atoms with E-state index < -0.39 is 0 Å². The third-order valence-corrected chi connectivity index (χ3v) is 5.84. The molecule has 1 aromatic heterocycles. The number of hydrogen-bond donors (Lipinski definition) is 0. The molecule has 5 rings (SSSR count). The SMILES string of the molecule is Brc1ccc(-c2nc3ccc4ccccc4c3c3c2CCCC3)cc1. The first-order chi connectivity index (χ1) is 12.3. The van der Waals surface area contributed by atoms with Gasteiger partial charge in [0.05, 0.1) is 11.2 Å². The summed E-state index contributed by atoms with van der Waals surface area (Å²) < 4.78 is 1.11. The summed E-state index contributed by atoms with van der Waals surface area (Å²) >= 11 is 3.54. The van der Waals surface area contributed by atoms with Crippen LogP contribution >= 0.6 is 15.9 Å². The van der Waals surface area contributed by atoms with Gasteiger partial charge in [-0.05, 0) is 65.8 Å². The molecule has 0 unspecified atom stereocenters. The molecule has 0 bridgehead atoms. The number of rotatable bonds is 1. The summed E-state index contributed by atoms with van der Waals surface area (Å²) in [5.41, 5.74) is 6.49. The number of pyridine rings is 1. The zero-order valence-electron chi connectivity index (χ0n) is 13.9.